The number of amides is 2. The van der Waals surface area contributed by atoms with E-state index < -0.39 is 10.0 Å². The average molecular weight is 403 g/mol. The third-order valence-electron chi connectivity index (χ3n) is 4.51. The fourth-order valence-electron chi connectivity index (χ4n) is 2.88. The van der Waals surface area contributed by atoms with Gasteiger partial charge in [-0.15, -0.1) is 0 Å². The van der Waals surface area contributed by atoms with Crippen LogP contribution < -0.4 is 0 Å². The van der Waals surface area contributed by atoms with E-state index in [1.165, 1.54) is 37.8 Å². The van der Waals surface area contributed by atoms with Crippen molar-refractivity contribution in [1.29, 1.82) is 0 Å². The summed E-state index contributed by atoms with van der Waals surface area (Å²) in [4.78, 5) is 36.1. The maximum atomic E-state index is 12.5. The van der Waals surface area contributed by atoms with Gasteiger partial charge in [0, 0.05) is 45.6 Å². The van der Waals surface area contributed by atoms with Crippen LogP contribution in [0.5, 0.6) is 0 Å². The molecule has 0 atom stereocenters. The van der Waals surface area contributed by atoms with E-state index in [9.17, 15) is 18.0 Å². The maximum absolute atomic E-state index is 12.5. The molecule has 0 aliphatic carbocycles. The Morgan fingerprint density at radius 1 is 1.04 bits per heavy atom. The Labute approximate surface area is 163 Å². The van der Waals surface area contributed by atoms with Gasteiger partial charge in [-0.1, -0.05) is 18.2 Å². The molecular formula is C18H21N5O4S. The van der Waals surface area contributed by atoms with Gasteiger partial charge in [0.15, 0.2) is 0 Å². The van der Waals surface area contributed by atoms with Gasteiger partial charge in [-0.25, -0.2) is 13.4 Å². The predicted molar refractivity (Wildman–Crippen MR) is 101 cm³/mol. The molecule has 2 aromatic rings. The van der Waals surface area contributed by atoms with Crippen LogP contribution in [0.15, 0.2) is 53.8 Å². The predicted octanol–water partition coefficient (Wildman–Crippen LogP) is 0.0817. The minimum absolute atomic E-state index is 0.143. The molecule has 1 aromatic carbocycles. The zero-order chi connectivity index (χ0) is 20.1. The summed E-state index contributed by atoms with van der Waals surface area (Å²) in [6, 6.07) is 7.98. The van der Waals surface area contributed by atoms with Crippen molar-refractivity contribution in [3.63, 3.8) is 0 Å². The maximum Gasteiger partial charge on any atom is 0.274 e. The summed E-state index contributed by atoms with van der Waals surface area (Å²) in [6.45, 7) is 1.13. The molecule has 2 amide bonds. The number of sulfonamides is 1. The molecule has 1 aliphatic rings. The van der Waals surface area contributed by atoms with E-state index >= 15 is 0 Å². The van der Waals surface area contributed by atoms with Gasteiger partial charge in [0.25, 0.3) is 5.91 Å². The first-order chi connectivity index (χ1) is 13.4. The number of piperazine rings is 1. The van der Waals surface area contributed by atoms with Crippen LogP contribution in [0.1, 0.15) is 10.5 Å². The van der Waals surface area contributed by atoms with E-state index in [2.05, 4.69) is 9.97 Å². The number of hydrogen-bond donors (Lipinski definition) is 0. The summed E-state index contributed by atoms with van der Waals surface area (Å²) >= 11 is 0. The van der Waals surface area contributed by atoms with Gasteiger partial charge in [-0.05, 0) is 12.1 Å². The number of nitrogens with zero attached hydrogens (tertiary/aromatic N) is 5. The summed E-state index contributed by atoms with van der Waals surface area (Å²) < 4.78 is 26.1. The second-order valence-electron chi connectivity index (χ2n) is 6.34. The molecule has 0 unspecified atom stereocenters. The highest BCUT2D eigenvalue weighted by Crippen LogP contribution is 2.14. The van der Waals surface area contributed by atoms with Gasteiger partial charge in [0.05, 0.1) is 17.6 Å². The minimum atomic E-state index is -3.73. The highest BCUT2D eigenvalue weighted by molar-refractivity contribution is 7.89. The topological polar surface area (TPSA) is 104 Å². The Morgan fingerprint density at radius 2 is 1.68 bits per heavy atom. The van der Waals surface area contributed by atoms with Crippen LogP contribution in [0.4, 0.5) is 0 Å². The lowest BCUT2D eigenvalue weighted by Crippen LogP contribution is -2.52. The van der Waals surface area contributed by atoms with E-state index in [-0.39, 0.29) is 28.9 Å². The Bertz CT molecular complexity index is 929. The molecule has 1 fully saturated rings. The van der Waals surface area contributed by atoms with Gasteiger partial charge in [-0.2, -0.15) is 4.31 Å². The Morgan fingerprint density at radius 3 is 2.29 bits per heavy atom. The number of carbonyl (C=O) groups excluding carboxylic acids is 2. The van der Waals surface area contributed by atoms with Crippen molar-refractivity contribution in [2.75, 3.05) is 39.8 Å². The first-order valence-electron chi connectivity index (χ1n) is 8.74. The first-order valence-corrected chi connectivity index (χ1v) is 10.2. The van der Waals surface area contributed by atoms with Gasteiger partial charge in [0.1, 0.15) is 5.69 Å². The molecule has 9 nitrogen and oxygen atoms in total. The average Bonchev–Trinajstić information content (AvgIpc) is 2.74. The van der Waals surface area contributed by atoms with Gasteiger partial charge in [-0.3, -0.25) is 14.6 Å². The fraction of sp³-hybridized carbons (Fsp3) is 0.333. The zero-order valence-corrected chi connectivity index (χ0v) is 16.2. The zero-order valence-electron chi connectivity index (χ0n) is 15.4. The Balaban J connectivity index is 1.56. The summed E-state index contributed by atoms with van der Waals surface area (Å²) in [6.07, 6.45) is 4.35. The second-order valence-corrected chi connectivity index (χ2v) is 8.38. The lowest BCUT2D eigenvalue weighted by molar-refractivity contribution is -0.132. The van der Waals surface area contributed by atoms with Crippen LogP contribution in [0.2, 0.25) is 0 Å². The van der Waals surface area contributed by atoms with Crippen molar-refractivity contribution >= 4 is 21.8 Å². The lowest BCUT2D eigenvalue weighted by Gasteiger charge is -2.35. The molecule has 2 heterocycles. The van der Waals surface area contributed by atoms with Crippen molar-refractivity contribution < 1.29 is 18.0 Å². The van der Waals surface area contributed by atoms with Crippen molar-refractivity contribution in [2.24, 2.45) is 0 Å². The molecule has 0 N–H and O–H groups in total. The van der Waals surface area contributed by atoms with Crippen molar-refractivity contribution in [2.45, 2.75) is 4.90 Å². The molecule has 0 saturated carbocycles. The van der Waals surface area contributed by atoms with Crippen LogP contribution in [0.25, 0.3) is 0 Å². The number of likely N-dealkylation sites (N-methyl/N-ethyl adjacent to an activating group) is 1. The largest absolute Gasteiger partial charge is 0.338 e. The molecule has 148 valence electrons. The van der Waals surface area contributed by atoms with Gasteiger partial charge < -0.3 is 9.80 Å². The monoisotopic (exact) mass is 403 g/mol. The quantitative estimate of drug-likeness (QED) is 0.700. The standard InChI is InChI=1S/C18H21N5O4S/c1-21(28(26,27)15-5-3-2-4-6-15)14-17(24)22-9-11-23(12-10-22)18(25)16-13-19-7-8-20-16/h2-8,13H,9-12,14H2,1H3. The van der Waals surface area contributed by atoms with Crippen molar-refractivity contribution in [3.05, 3.63) is 54.6 Å². The molecule has 0 radical (unpaired) electrons. The Kier molecular flexibility index (Phi) is 6.00. The van der Waals surface area contributed by atoms with Crippen molar-refractivity contribution in [3.8, 4) is 0 Å². The van der Waals surface area contributed by atoms with Gasteiger partial charge >= 0.3 is 0 Å². The van der Waals surface area contributed by atoms with Crippen LogP contribution in [-0.4, -0.2) is 84.1 Å². The summed E-state index contributed by atoms with van der Waals surface area (Å²) in [5, 5.41) is 0. The number of aromatic nitrogens is 2. The SMILES string of the molecule is CN(CC(=O)N1CCN(C(=O)c2cnccn2)CC1)S(=O)(=O)c1ccccc1. The summed E-state index contributed by atoms with van der Waals surface area (Å²) in [5.41, 5.74) is 0.260. The molecule has 0 bridgehead atoms. The highest BCUT2D eigenvalue weighted by atomic mass is 32.2. The smallest absolute Gasteiger partial charge is 0.274 e. The molecule has 10 heteroatoms. The molecular weight excluding hydrogens is 382 g/mol. The van der Waals surface area contributed by atoms with Gasteiger partial charge in [0.2, 0.25) is 15.9 Å². The lowest BCUT2D eigenvalue weighted by atomic mass is 10.2. The summed E-state index contributed by atoms with van der Waals surface area (Å²) in [7, 11) is -2.34. The molecule has 3 rings (SSSR count). The molecule has 1 saturated heterocycles. The number of benzene rings is 1. The fourth-order valence-corrected chi connectivity index (χ4v) is 4.02. The van der Waals surface area contributed by atoms with E-state index in [0.29, 0.717) is 26.2 Å². The number of rotatable bonds is 5. The normalized spacial score (nSPS) is 14.9. The van der Waals surface area contributed by atoms with Crippen molar-refractivity contribution in [1.82, 2.24) is 24.1 Å². The first kappa shape index (κ1) is 19.9. The second kappa shape index (κ2) is 8.44. The minimum Gasteiger partial charge on any atom is -0.338 e. The van der Waals surface area contributed by atoms with E-state index in [4.69, 9.17) is 0 Å². The Hall–Kier alpha value is -2.85. The van der Waals surface area contributed by atoms with Crippen LogP contribution >= 0.6 is 0 Å². The number of carbonyl (C=O) groups is 2. The van der Waals surface area contributed by atoms with E-state index in [1.54, 1.807) is 28.0 Å². The molecule has 0 spiro atoms. The molecule has 1 aliphatic heterocycles. The third kappa shape index (κ3) is 4.34. The van der Waals surface area contributed by atoms with Crippen LogP contribution in [-0.2, 0) is 14.8 Å². The molecule has 1 aromatic heterocycles. The molecule has 28 heavy (non-hydrogen) atoms. The van der Waals surface area contributed by atoms with E-state index in [1.807, 2.05) is 0 Å². The summed E-state index contributed by atoms with van der Waals surface area (Å²) in [5.74, 6) is -0.530. The third-order valence-corrected chi connectivity index (χ3v) is 6.33. The van der Waals surface area contributed by atoms with Crippen LogP contribution in [0.3, 0.4) is 0 Å². The van der Waals surface area contributed by atoms with E-state index in [0.717, 1.165) is 4.31 Å². The van der Waals surface area contributed by atoms with Crippen LogP contribution in [0, 0.1) is 0 Å². The highest BCUT2D eigenvalue weighted by Gasteiger charge is 2.28. The number of hydrogen-bond acceptors (Lipinski definition) is 6.